The Morgan fingerprint density at radius 1 is 1.11 bits per heavy atom. The number of nitrogens with two attached hydrogens (primary N) is 2. The van der Waals surface area contributed by atoms with Crippen molar-refractivity contribution in [2.45, 2.75) is 74.3 Å². The van der Waals surface area contributed by atoms with Crippen LogP contribution in [-0.2, 0) is 22.6 Å². The van der Waals surface area contributed by atoms with Gasteiger partial charge < -0.3 is 15.6 Å². The van der Waals surface area contributed by atoms with Gasteiger partial charge in [0.15, 0.2) is 0 Å². The molecular formula is C37H53N5O2S. The van der Waals surface area contributed by atoms with E-state index in [1.165, 1.54) is 10.4 Å². The number of ketones is 1. The van der Waals surface area contributed by atoms with Crippen LogP contribution in [0.2, 0.25) is 0 Å². The Kier molecular flexibility index (Phi) is 10.5. The summed E-state index contributed by atoms with van der Waals surface area (Å²) in [7, 11) is 1.90. The normalized spacial score (nSPS) is 17.2. The first-order chi connectivity index (χ1) is 21.1. The minimum absolute atomic E-state index is 0.00868. The lowest BCUT2D eigenvalue weighted by atomic mass is 9.67. The molecule has 1 aromatic heterocycles. The average molecular weight is 632 g/mol. The minimum Gasteiger partial charge on any atom is -0.397 e. The number of nitrogens with zero attached hydrogens (tertiary/aromatic N) is 3. The van der Waals surface area contributed by atoms with Gasteiger partial charge in [-0.2, -0.15) is 0 Å². The number of hydrogen-bond donors (Lipinski definition) is 2. The van der Waals surface area contributed by atoms with E-state index in [1.807, 2.05) is 57.0 Å². The number of hydrazine groups is 1. The van der Waals surface area contributed by atoms with Crippen LogP contribution < -0.4 is 16.6 Å². The standard InChI is InChI=1S/C37H53N5O2S/c1-10-42(39)30-17-16-29(25(3)34(30)38)33(37(7,8)35(44)24(2)18-27-14-12-11-13-15-27)31-19-28(26(4)45-31)20-41-21-32(43)40(9)22-36(5,6)23-41/h11-17,19,24,33H,10,18,20-23,38-39H2,1-9H3. The summed E-state index contributed by atoms with van der Waals surface area (Å²) >= 11 is 1.75. The van der Waals surface area contributed by atoms with Crippen molar-refractivity contribution in [3.8, 4) is 0 Å². The first-order valence-corrected chi connectivity index (χ1v) is 16.9. The topological polar surface area (TPSA) is 95.9 Å². The van der Waals surface area contributed by atoms with Gasteiger partial charge in [0.2, 0.25) is 5.91 Å². The van der Waals surface area contributed by atoms with E-state index in [2.05, 4.69) is 63.8 Å². The van der Waals surface area contributed by atoms with E-state index in [1.54, 1.807) is 16.3 Å². The summed E-state index contributed by atoms with van der Waals surface area (Å²) in [6, 6.07) is 16.6. The Labute approximate surface area is 274 Å². The summed E-state index contributed by atoms with van der Waals surface area (Å²) in [6.07, 6.45) is 0.691. The highest BCUT2D eigenvalue weighted by Gasteiger charge is 2.43. The average Bonchev–Trinajstić information content (AvgIpc) is 3.28. The molecule has 4 rings (SSSR count). The maximum Gasteiger partial charge on any atom is 0.236 e. The molecule has 1 amide bonds. The Hall–Kier alpha value is -3.20. The summed E-state index contributed by atoms with van der Waals surface area (Å²) in [4.78, 5) is 33.8. The number of carbonyl (C=O) groups excluding carboxylic acids is 2. The molecule has 1 saturated heterocycles. The molecule has 3 aromatic rings. The lowest BCUT2D eigenvalue weighted by molar-refractivity contribution is -0.131. The van der Waals surface area contributed by atoms with E-state index >= 15 is 0 Å². The van der Waals surface area contributed by atoms with Gasteiger partial charge in [-0.25, -0.2) is 5.84 Å². The molecule has 45 heavy (non-hydrogen) atoms. The van der Waals surface area contributed by atoms with Gasteiger partial charge >= 0.3 is 0 Å². The molecule has 1 aliphatic rings. The number of Topliss-reactive ketones (excluding diaryl/α,β-unsaturated/α-hetero) is 1. The fourth-order valence-electron chi connectivity index (χ4n) is 7.15. The number of carbonyl (C=O) groups is 2. The fraction of sp³-hybridized carbons (Fsp3) is 0.514. The lowest BCUT2D eigenvalue weighted by Crippen LogP contribution is -2.37. The highest BCUT2D eigenvalue weighted by molar-refractivity contribution is 7.12. The van der Waals surface area contributed by atoms with Crippen LogP contribution in [0, 0.1) is 30.6 Å². The number of anilines is 2. The van der Waals surface area contributed by atoms with Crippen LogP contribution >= 0.6 is 11.3 Å². The molecule has 0 spiro atoms. The quantitative estimate of drug-likeness (QED) is 0.142. The van der Waals surface area contributed by atoms with Gasteiger partial charge in [-0.15, -0.1) is 11.3 Å². The molecule has 2 unspecified atom stereocenters. The summed E-state index contributed by atoms with van der Waals surface area (Å²) < 4.78 is 0. The van der Waals surface area contributed by atoms with Gasteiger partial charge in [0.05, 0.1) is 17.9 Å². The number of benzene rings is 2. The van der Waals surface area contributed by atoms with Crippen LogP contribution in [-0.4, -0.2) is 54.7 Å². The lowest BCUT2D eigenvalue weighted by Gasteiger charge is -2.36. The summed E-state index contributed by atoms with van der Waals surface area (Å²) in [5.41, 5.74) is 11.8. The number of thiophene rings is 1. The number of amides is 1. The second kappa shape index (κ2) is 13.7. The Bertz CT molecular complexity index is 1510. The first kappa shape index (κ1) is 34.7. The van der Waals surface area contributed by atoms with Gasteiger partial charge in [0.1, 0.15) is 5.78 Å². The van der Waals surface area contributed by atoms with Gasteiger partial charge in [-0.3, -0.25) is 14.5 Å². The number of hydrogen-bond acceptors (Lipinski definition) is 7. The van der Waals surface area contributed by atoms with E-state index < -0.39 is 5.41 Å². The zero-order valence-electron chi connectivity index (χ0n) is 28.7. The molecule has 2 heterocycles. The van der Waals surface area contributed by atoms with Gasteiger partial charge in [-0.1, -0.05) is 71.0 Å². The van der Waals surface area contributed by atoms with E-state index in [0.29, 0.717) is 31.7 Å². The number of aryl methyl sites for hydroxylation is 1. The maximum absolute atomic E-state index is 14.5. The number of nitrogen functional groups attached to an aromatic ring is 1. The van der Waals surface area contributed by atoms with Crippen LogP contribution in [0.15, 0.2) is 48.5 Å². The van der Waals surface area contributed by atoms with Crippen molar-refractivity contribution >= 4 is 34.4 Å². The van der Waals surface area contributed by atoms with Crippen molar-refractivity contribution in [2.24, 2.45) is 22.6 Å². The van der Waals surface area contributed by atoms with Crippen LogP contribution in [0.25, 0.3) is 0 Å². The molecule has 2 atom stereocenters. The summed E-state index contributed by atoms with van der Waals surface area (Å²) in [6.45, 7) is 20.2. The van der Waals surface area contributed by atoms with Crippen LogP contribution in [0.4, 0.5) is 11.4 Å². The highest BCUT2D eigenvalue weighted by Crippen LogP contribution is 2.49. The third-order valence-electron chi connectivity index (χ3n) is 9.50. The Morgan fingerprint density at radius 3 is 2.42 bits per heavy atom. The summed E-state index contributed by atoms with van der Waals surface area (Å²) in [5, 5.41) is 1.66. The third kappa shape index (κ3) is 7.62. The molecule has 1 fully saturated rings. The monoisotopic (exact) mass is 631 g/mol. The Balaban J connectivity index is 1.77. The van der Waals surface area contributed by atoms with E-state index in [-0.39, 0.29) is 28.9 Å². The second-order valence-electron chi connectivity index (χ2n) is 14.4. The van der Waals surface area contributed by atoms with Crippen LogP contribution in [0.1, 0.15) is 79.5 Å². The molecule has 2 aromatic carbocycles. The first-order valence-electron chi connectivity index (χ1n) is 16.1. The number of likely N-dealkylation sites (N-methyl/N-ethyl adjacent to an activating group) is 1. The van der Waals surface area contributed by atoms with Crippen molar-refractivity contribution in [2.75, 3.05) is 44.0 Å². The second-order valence-corrected chi connectivity index (χ2v) is 15.7. The number of rotatable bonds is 11. The molecule has 0 radical (unpaired) electrons. The molecule has 1 aliphatic heterocycles. The largest absolute Gasteiger partial charge is 0.397 e. The van der Waals surface area contributed by atoms with Crippen molar-refractivity contribution in [1.82, 2.24) is 9.80 Å². The van der Waals surface area contributed by atoms with Gasteiger partial charge in [0, 0.05) is 60.2 Å². The molecule has 4 N–H and O–H groups in total. The molecule has 0 bridgehead atoms. The molecule has 7 nitrogen and oxygen atoms in total. The predicted octanol–water partition coefficient (Wildman–Crippen LogP) is 6.55. The maximum atomic E-state index is 14.5. The fourth-order valence-corrected chi connectivity index (χ4v) is 8.50. The predicted molar refractivity (Wildman–Crippen MR) is 188 cm³/mol. The van der Waals surface area contributed by atoms with E-state index in [9.17, 15) is 9.59 Å². The molecule has 244 valence electrons. The van der Waals surface area contributed by atoms with Crippen molar-refractivity contribution < 1.29 is 9.59 Å². The zero-order valence-corrected chi connectivity index (χ0v) is 29.6. The smallest absolute Gasteiger partial charge is 0.236 e. The molecule has 0 aliphatic carbocycles. The van der Waals surface area contributed by atoms with Crippen molar-refractivity contribution in [1.29, 1.82) is 0 Å². The zero-order chi connectivity index (χ0) is 33.3. The van der Waals surface area contributed by atoms with Crippen molar-refractivity contribution in [3.05, 3.63) is 80.5 Å². The van der Waals surface area contributed by atoms with E-state index in [4.69, 9.17) is 11.6 Å². The van der Waals surface area contributed by atoms with Crippen molar-refractivity contribution in [3.63, 3.8) is 0 Å². The SMILES string of the molecule is CCN(N)c1ccc(C(c2cc(CN3CC(=O)N(C)CC(C)(C)C3)c(C)s2)C(C)(C)C(=O)C(C)Cc2ccccc2)c(C)c1N. The van der Waals surface area contributed by atoms with Crippen LogP contribution in [0.5, 0.6) is 0 Å². The van der Waals surface area contributed by atoms with Crippen LogP contribution in [0.3, 0.4) is 0 Å². The highest BCUT2D eigenvalue weighted by atomic mass is 32.1. The summed E-state index contributed by atoms with van der Waals surface area (Å²) in [5.74, 6) is 6.28. The van der Waals surface area contributed by atoms with Gasteiger partial charge in [-0.05, 0) is 67.0 Å². The Morgan fingerprint density at radius 2 is 1.78 bits per heavy atom. The third-order valence-corrected chi connectivity index (χ3v) is 10.7. The molecule has 8 heteroatoms. The van der Waals surface area contributed by atoms with E-state index in [0.717, 1.165) is 40.3 Å². The molecular weight excluding hydrogens is 579 g/mol. The molecule has 0 saturated carbocycles. The minimum atomic E-state index is -0.724. The van der Waals surface area contributed by atoms with Gasteiger partial charge in [0.25, 0.3) is 0 Å².